The Morgan fingerprint density at radius 2 is 1.94 bits per heavy atom. The van der Waals surface area contributed by atoms with Crippen LogP contribution in [0.5, 0.6) is 5.75 Å². The van der Waals surface area contributed by atoms with Gasteiger partial charge in [0.05, 0.1) is 18.4 Å². The first-order chi connectivity index (χ1) is 16.3. The van der Waals surface area contributed by atoms with Gasteiger partial charge in [-0.05, 0) is 67.5 Å². The Bertz CT molecular complexity index is 1110. The molecule has 3 N–H and O–H groups in total. The van der Waals surface area contributed by atoms with Crippen LogP contribution in [0.1, 0.15) is 46.6 Å². The number of thiophene rings is 1. The van der Waals surface area contributed by atoms with Crippen LogP contribution in [0.4, 0.5) is 5.00 Å². The maximum atomic E-state index is 12.5. The fourth-order valence-electron chi connectivity index (χ4n) is 3.43. The summed E-state index contributed by atoms with van der Waals surface area (Å²) in [4.78, 5) is 48.7. The molecule has 10 nitrogen and oxygen atoms in total. The molecule has 1 aliphatic carbocycles. The number of aliphatic carboxylic acids is 1. The second-order valence-electron chi connectivity index (χ2n) is 7.68. The third-order valence-corrected chi connectivity index (χ3v) is 6.22. The molecule has 34 heavy (non-hydrogen) atoms. The van der Waals surface area contributed by atoms with Gasteiger partial charge in [0.25, 0.3) is 0 Å². The molecular formula is C23H25N3O7S. The molecule has 11 heteroatoms. The maximum absolute atomic E-state index is 12.5. The molecule has 0 bridgehead atoms. The van der Waals surface area contributed by atoms with Gasteiger partial charge in [0, 0.05) is 4.88 Å². The van der Waals surface area contributed by atoms with Gasteiger partial charge in [-0.25, -0.2) is 15.0 Å². The molecule has 1 aromatic carbocycles. The summed E-state index contributed by atoms with van der Waals surface area (Å²) in [5.74, 6) is -2.70. The smallest absolute Gasteiger partial charge is 0.341 e. The van der Waals surface area contributed by atoms with Crippen molar-refractivity contribution in [3.05, 3.63) is 45.8 Å². The summed E-state index contributed by atoms with van der Waals surface area (Å²) in [5.41, 5.74) is 3.94. The molecule has 2 aromatic rings. The number of benzene rings is 1. The summed E-state index contributed by atoms with van der Waals surface area (Å²) < 4.78 is 10.2. The SMILES string of the molecule is CCOC(=O)c1c(NC(=O)C(=O)N/N=C\c2ccc(OCC(=O)O)cc2)sc2c1CC[C@H](C)C2. The number of carboxylic acid groups (broad SMARTS) is 1. The summed E-state index contributed by atoms with van der Waals surface area (Å²) in [6.45, 7) is 3.59. The van der Waals surface area contributed by atoms with Gasteiger partial charge in [-0.3, -0.25) is 9.59 Å². The van der Waals surface area contributed by atoms with Gasteiger partial charge in [-0.15, -0.1) is 11.3 Å². The number of nitrogens with zero attached hydrogens (tertiary/aromatic N) is 1. The summed E-state index contributed by atoms with van der Waals surface area (Å²) >= 11 is 1.29. The molecule has 0 fully saturated rings. The van der Waals surface area contributed by atoms with E-state index in [0.29, 0.717) is 34.2 Å². The topological polar surface area (TPSA) is 143 Å². The Labute approximate surface area is 199 Å². The average Bonchev–Trinajstić information content (AvgIpc) is 3.15. The molecular weight excluding hydrogens is 462 g/mol. The Hall–Kier alpha value is -3.73. The van der Waals surface area contributed by atoms with Crippen molar-refractivity contribution in [2.24, 2.45) is 11.0 Å². The molecule has 0 unspecified atom stereocenters. The molecule has 0 radical (unpaired) electrons. The van der Waals surface area contributed by atoms with Crippen molar-refractivity contribution < 1.29 is 33.8 Å². The number of carbonyl (C=O) groups excluding carboxylic acids is 3. The predicted molar refractivity (Wildman–Crippen MR) is 125 cm³/mol. The Kier molecular flexibility index (Phi) is 8.36. The van der Waals surface area contributed by atoms with Crippen molar-refractivity contribution >= 4 is 46.3 Å². The first-order valence-electron chi connectivity index (χ1n) is 10.7. The van der Waals surface area contributed by atoms with Crippen LogP contribution in [0.2, 0.25) is 0 Å². The van der Waals surface area contributed by atoms with Gasteiger partial charge in [-0.2, -0.15) is 5.10 Å². The first-order valence-corrected chi connectivity index (χ1v) is 11.5. The van der Waals surface area contributed by atoms with Gasteiger partial charge in [0.15, 0.2) is 6.61 Å². The molecule has 1 aromatic heterocycles. The number of carbonyl (C=O) groups is 4. The zero-order valence-electron chi connectivity index (χ0n) is 18.8. The Balaban J connectivity index is 1.62. The number of nitrogens with one attached hydrogen (secondary N) is 2. The lowest BCUT2D eigenvalue weighted by atomic mass is 9.88. The number of amides is 2. The second kappa shape index (κ2) is 11.4. The minimum Gasteiger partial charge on any atom is -0.482 e. The van der Waals surface area contributed by atoms with Crippen LogP contribution in [0.15, 0.2) is 29.4 Å². The molecule has 180 valence electrons. The van der Waals surface area contributed by atoms with Gasteiger partial charge < -0.3 is 19.9 Å². The molecule has 1 heterocycles. The largest absolute Gasteiger partial charge is 0.482 e. The standard InChI is InChI=1S/C23H25N3O7S/c1-3-32-23(31)19-16-9-4-13(2)10-17(16)34-22(19)25-20(29)21(30)26-24-11-14-5-7-15(8-6-14)33-12-18(27)28/h5-8,11,13H,3-4,9-10,12H2,1-2H3,(H,25,29)(H,26,30)(H,27,28)/b24-11-/t13-/m0/s1. The molecule has 0 saturated heterocycles. The van der Waals surface area contributed by atoms with Gasteiger partial charge in [0.2, 0.25) is 0 Å². The summed E-state index contributed by atoms with van der Waals surface area (Å²) in [6, 6.07) is 6.32. The minimum atomic E-state index is -1.08. The number of esters is 1. The normalized spacial score (nSPS) is 14.8. The van der Waals surface area contributed by atoms with Crippen LogP contribution >= 0.6 is 11.3 Å². The van der Waals surface area contributed by atoms with E-state index in [0.717, 1.165) is 23.3 Å². The van der Waals surface area contributed by atoms with Crippen LogP contribution in [-0.2, 0) is 32.0 Å². The van der Waals surface area contributed by atoms with E-state index in [1.165, 1.54) is 17.6 Å². The summed E-state index contributed by atoms with van der Waals surface area (Å²) in [5, 5.41) is 15.2. The highest BCUT2D eigenvalue weighted by Gasteiger charge is 2.30. The number of hydrogen-bond donors (Lipinski definition) is 3. The summed E-state index contributed by atoms with van der Waals surface area (Å²) in [7, 11) is 0. The van der Waals surface area contributed by atoms with E-state index < -0.39 is 30.4 Å². The average molecular weight is 488 g/mol. The highest BCUT2D eigenvalue weighted by Crippen LogP contribution is 2.40. The molecule has 1 atom stereocenters. The fourth-order valence-corrected chi connectivity index (χ4v) is 4.82. The highest BCUT2D eigenvalue weighted by atomic mass is 32.1. The van der Waals surface area contributed by atoms with Crippen molar-refractivity contribution in [2.45, 2.75) is 33.1 Å². The van der Waals surface area contributed by atoms with E-state index in [1.54, 1.807) is 31.2 Å². The van der Waals surface area contributed by atoms with Crippen molar-refractivity contribution in [1.82, 2.24) is 5.43 Å². The molecule has 2 amide bonds. The third kappa shape index (κ3) is 6.41. The van der Waals surface area contributed by atoms with Gasteiger partial charge in [0.1, 0.15) is 10.8 Å². The third-order valence-electron chi connectivity index (χ3n) is 5.05. The second-order valence-corrected chi connectivity index (χ2v) is 8.79. The zero-order valence-corrected chi connectivity index (χ0v) is 19.6. The van der Waals surface area contributed by atoms with Crippen molar-refractivity contribution in [3.63, 3.8) is 0 Å². The Morgan fingerprint density at radius 3 is 2.62 bits per heavy atom. The van der Waals surface area contributed by atoms with E-state index in [4.69, 9.17) is 14.6 Å². The molecule has 3 rings (SSSR count). The van der Waals surface area contributed by atoms with Crippen LogP contribution in [0.25, 0.3) is 0 Å². The van der Waals surface area contributed by atoms with Crippen LogP contribution in [0, 0.1) is 5.92 Å². The van der Waals surface area contributed by atoms with Crippen LogP contribution < -0.4 is 15.5 Å². The van der Waals surface area contributed by atoms with Crippen molar-refractivity contribution in [2.75, 3.05) is 18.5 Å². The lowest BCUT2D eigenvalue weighted by molar-refractivity contribution is -0.139. The molecule has 0 spiro atoms. The predicted octanol–water partition coefficient (Wildman–Crippen LogP) is 2.60. The lowest BCUT2D eigenvalue weighted by Gasteiger charge is -2.18. The maximum Gasteiger partial charge on any atom is 0.341 e. The number of ether oxygens (including phenoxy) is 2. The first kappa shape index (κ1) is 24.9. The number of hydrogen-bond acceptors (Lipinski definition) is 8. The number of anilines is 1. The van der Waals surface area contributed by atoms with Crippen LogP contribution in [0.3, 0.4) is 0 Å². The van der Waals surface area contributed by atoms with Crippen molar-refractivity contribution in [3.8, 4) is 5.75 Å². The van der Waals surface area contributed by atoms with Crippen LogP contribution in [-0.4, -0.2) is 48.3 Å². The number of rotatable bonds is 8. The molecule has 0 saturated carbocycles. The lowest BCUT2D eigenvalue weighted by Crippen LogP contribution is -2.32. The monoisotopic (exact) mass is 487 g/mol. The minimum absolute atomic E-state index is 0.203. The van der Waals surface area contributed by atoms with Crippen molar-refractivity contribution in [1.29, 1.82) is 0 Å². The zero-order chi connectivity index (χ0) is 24.7. The van der Waals surface area contributed by atoms with E-state index in [1.807, 2.05) is 0 Å². The van der Waals surface area contributed by atoms with E-state index in [-0.39, 0.29) is 6.61 Å². The number of fused-ring (bicyclic) bond motifs is 1. The van der Waals surface area contributed by atoms with E-state index in [2.05, 4.69) is 22.8 Å². The van der Waals surface area contributed by atoms with Gasteiger partial charge >= 0.3 is 23.8 Å². The summed E-state index contributed by atoms with van der Waals surface area (Å²) in [6.07, 6.45) is 3.78. The molecule has 1 aliphatic rings. The number of hydrazone groups is 1. The van der Waals surface area contributed by atoms with Gasteiger partial charge in [-0.1, -0.05) is 6.92 Å². The Morgan fingerprint density at radius 1 is 1.21 bits per heavy atom. The quantitative estimate of drug-likeness (QED) is 0.225. The highest BCUT2D eigenvalue weighted by molar-refractivity contribution is 7.17. The number of carboxylic acids is 1. The molecule has 0 aliphatic heterocycles. The fraction of sp³-hybridized carbons (Fsp3) is 0.348. The van der Waals surface area contributed by atoms with E-state index >= 15 is 0 Å². The van der Waals surface area contributed by atoms with E-state index in [9.17, 15) is 19.2 Å².